The fourth-order valence-electron chi connectivity index (χ4n) is 2.15. The number of hydrogen-bond donors (Lipinski definition) is 1. The van der Waals surface area contributed by atoms with Gasteiger partial charge in [-0.1, -0.05) is 27.7 Å². The van der Waals surface area contributed by atoms with Gasteiger partial charge in [0.2, 0.25) is 5.91 Å². The molecule has 0 aromatic rings. The third-order valence-corrected chi connectivity index (χ3v) is 2.92. The molecule has 3 nitrogen and oxygen atoms in total. The predicted molar refractivity (Wildman–Crippen MR) is 73.7 cm³/mol. The van der Waals surface area contributed by atoms with Crippen molar-refractivity contribution in [3.05, 3.63) is 0 Å². The average molecular weight is 242 g/mol. The summed E-state index contributed by atoms with van der Waals surface area (Å²) in [4.78, 5) is 14.1. The Labute approximate surface area is 107 Å². The van der Waals surface area contributed by atoms with Gasteiger partial charge in [0.15, 0.2) is 0 Å². The van der Waals surface area contributed by atoms with Crippen LogP contribution in [-0.2, 0) is 4.79 Å². The Kier molecular flexibility index (Phi) is 8.23. The van der Waals surface area contributed by atoms with Crippen LogP contribution < -0.4 is 5.73 Å². The molecule has 2 N–H and O–H groups in total. The molecule has 1 atom stereocenters. The van der Waals surface area contributed by atoms with E-state index in [9.17, 15) is 4.79 Å². The molecule has 0 bridgehead atoms. The van der Waals surface area contributed by atoms with E-state index in [-0.39, 0.29) is 5.91 Å². The van der Waals surface area contributed by atoms with Crippen LogP contribution in [0.15, 0.2) is 0 Å². The van der Waals surface area contributed by atoms with Gasteiger partial charge in [0.05, 0.1) is 0 Å². The second kappa shape index (κ2) is 8.51. The van der Waals surface area contributed by atoms with Crippen molar-refractivity contribution >= 4 is 5.91 Å². The Hall–Kier alpha value is -0.570. The number of carbonyl (C=O) groups excluding carboxylic acids is 1. The Morgan fingerprint density at radius 3 is 2.12 bits per heavy atom. The highest BCUT2D eigenvalue weighted by atomic mass is 16.2. The van der Waals surface area contributed by atoms with E-state index in [0.29, 0.717) is 30.7 Å². The van der Waals surface area contributed by atoms with Crippen LogP contribution in [0.3, 0.4) is 0 Å². The maximum absolute atomic E-state index is 12.1. The number of nitrogens with zero attached hydrogens (tertiary/aromatic N) is 1. The highest BCUT2D eigenvalue weighted by Gasteiger charge is 2.18. The van der Waals surface area contributed by atoms with Gasteiger partial charge in [-0.3, -0.25) is 4.79 Å². The minimum atomic E-state index is 0.261. The van der Waals surface area contributed by atoms with E-state index in [0.717, 1.165) is 19.5 Å². The van der Waals surface area contributed by atoms with Crippen molar-refractivity contribution < 1.29 is 4.79 Å². The fraction of sp³-hybridized carbons (Fsp3) is 0.929. The maximum Gasteiger partial charge on any atom is 0.222 e. The summed E-state index contributed by atoms with van der Waals surface area (Å²) in [7, 11) is 0. The normalized spacial score (nSPS) is 13.2. The molecule has 3 heteroatoms. The smallest absolute Gasteiger partial charge is 0.222 e. The lowest BCUT2D eigenvalue weighted by Gasteiger charge is -2.25. The first-order valence-electron chi connectivity index (χ1n) is 6.88. The van der Waals surface area contributed by atoms with Crippen molar-refractivity contribution in [2.75, 3.05) is 19.6 Å². The van der Waals surface area contributed by atoms with Crippen LogP contribution in [-0.4, -0.2) is 30.4 Å². The van der Waals surface area contributed by atoms with Crippen LogP contribution >= 0.6 is 0 Å². The van der Waals surface area contributed by atoms with Crippen molar-refractivity contribution in [2.24, 2.45) is 23.5 Å². The van der Waals surface area contributed by atoms with E-state index in [1.807, 2.05) is 11.8 Å². The van der Waals surface area contributed by atoms with Gasteiger partial charge < -0.3 is 10.6 Å². The highest BCUT2D eigenvalue weighted by molar-refractivity contribution is 5.76. The van der Waals surface area contributed by atoms with Gasteiger partial charge >= 0.3 is 0 Å². The monoisotopic (exact) mass is 242 g/mol. The van der Waals surface area contributed by atoms with Crippen LogP contribution in [0.1, 0.15) is 47.5 Å². The summed E-state index contributed by atoms with van der Waals surface area (Å²) >= 11 is 0. The predicted octanol–water partition coefficient (Wildman–Crippen LogP) is 2.50. The summed E-state index contributed by atoms with van der Waals surface area (Å²) in [6, 6.07) is 0. The van der Waals surface area contributed by atoms with Crippen molar-refractivity contribution in [1.82, 2.24) is 4.90 Å². The summed E-state index contributed by atoms with van der Waals surface area (Å²) in [5, 5.41) is 0. The lowest BCUT2D eigenvalue weighted by Crippen LogP contribution is -2.36. The minimum absolute atomic E-state index is 0.261. The van der Waals surface area contributed by atoms with E-state index in [4.69, 9.17) is 5.73 Å². The molecule has 0 fully saturated rings. The third-order valence-electron chi connectivity index (χ3n) is 2.92. The summed E-state index contributed by atoms with van der Waals surface area (Å²) < 4.78 is 0. The lowest BCUT2D eigenvalue weighted by molar-refractivity contribution is -0.132. The molecule has 0 saturated carbocycles. The molecular formula is C14H30N2O. The standard InChI is InChI=1S/C14H30N2O/c1-6-16(10-12(4)5)14(17)8-13(9-15)7-11(2)3/h11-13H,6-10,15H2,1-5H3/t13-/m0/s1. The Bertz CT molecular complexity index is 214. The van der Waals surface area contributed by atoms with Gasteiger partial charge in [-0.25, -0.2) is 0 Å². The largest absolute Gasteiger partial charge is 0.343 e. The molecule has 0 radical (unpaired) electrons. The first-order valence-corrected chi connectivity index (χ1v) is 6.88. The van der Waals surface area contributed by atoms with Crippen molar-refractivity contribution in [3.63, 3.8) is 0 Å². The van der Waals surface area contributed by atoms with Crippen molar-refractivity contribution in [1.29, 1.82) is 0 Å². The van der Waals surface area contributed by atoms with Gasteiger partial charge in [-0.2, -0.15) is 0 Å². The zero-order valence-corrected chi connectivity index (χ0v) is 12.2. The number of rotatable bonds is 8. The molecule has 0 unspecified atom stereocenters. The number of amides is 1. The van der Waals surface area contributed by atoms with Crippen LogP contribution in [0.2, 0.25) is 0 Å². The van der Waals surface area contributed by atoms with Crippen LogP contribution in [0.25, 0.3) is 0 Å². The number of carbonyl (C=O) groups is 1. The summed E-state index contributed by atoms with van der Waals surface area (Å²) in [6.45, 7) is 13.0. The quantitative estimate of drug-likeness (QED) is 0.711. The molecule has 1 amide bonds. The second-order valence-corrected chi connectivity index (χ2v) is 5.76. The molecule has 0 aromatic carbocycles. The van der Waals surface area contributed by atoms with Crippen LogP contribution in [0, 0.1) is 17.8 Å². The van der Waals surface area contributed by atoms with E-state index in [1.54, 1.807) is 0 Å². The first-order chi connectivity index (χ1) is 7.90. The van der Waals surface area contributed by atoms with Gasteiger partial charge in [0, 0.05) is 19.5 Å². The second-order valence-electron chi connectivity index (χ2n) is 5.76. The van der Waals surface area contributed by atoms with E-state index in [1.165, 1.54) is 0 Å². The van der Waals surface area contributed by atoms with Gasteiger partial charge in [0.25, 0.3) is 0 Å². The molecular weight excluding hydrogens is 212 g/mol. The fourth-order valence-corrected chi connectivity index (χ4v) is 2.15. The van der Waals surface area contributed by atoms with E-state index < -0.39 is 0 Å². The summed E-state index contributed by atoms with van der Waals surface area (Å²) in [5.74, 6) is 1.73. The molecule has 0 aliphatic rings. The van der Waals surface area contributed by atoms with Gasteiger partial charge in [0.1, 0.15) is 0 Å². The minimum Gasteiger partial charge on any atom is -0.343 e. The van der Waals surface area contributed by atoms with E-state index >= 15 is 0 Å². The third kappa shape index (κ3) is 7.37. The zero-order valence-electron chi connectivity index (χ0n) is 12.2. The zero-order chi connectivity index (χ0) is 13.4. The molecule has 102 valence electrons. The highest BCUT2D eigenvalue weighted by Crippen LogP contribution is 2.16. The number of hydrogen-bond acceptors (Lipinski definition) is 2. The Morgan fingerprint density at radius 2 is 1.76 bits per heavy atom. The summed E-state index contributed by atoms with van der Waals surface area (Å²) in [5.41, 5.74) is 5.74. The molecule has 0 saturated heterocycles. The molecule has 0 aliphatic carbocycles. The molecule has 0 rings (SSSR count). The topological polar surface area (TPSA) is 46.3 Å². The van der Waals surface area contributed by atoms with E-state index in [2.05, 4.69) is 27.7 Å². The van der Waals surface area contributed by atoms with Crippen molar-refractivity contribution in [2.45, 2.75) is 47.5 Å². The van der Waals surface area contributed by atoms with Crippen LogP contribution in [0.4, 0.5) is 0 Å². The Morgan fingerprint density at radius 1 is 1.18 bits per heavy atom. The van der Waals surface area contributed by atoms with Crippen LogP contribution in [0.5, 0.6) is 0 Å². The molecule has 0 aliphatic heterocycles. The van der Waals surface area contributed by atoms with Gasteiger partial charge in [-0.15, -0.1) is 0 Å². The SMILES string of the molecule is CCN(CC(C)C)C(=O)C[C@@H](CN)CC(C)C. The first kappa shape index (κ1) is 16.4. The molecule has 0 aromatic heterocycles. The molecule has 17 heavy (non-hydrogen) atoms. The Balaban J connectivity index is 4.26. The van der Waals surface area contributed by atoms with Gasteiger partial charge in [-0.05, 0) is 37.6 Å². The molecule has 0 heterocycles. The maximum atomic E-state index is 12.1. The number of nitrogens with two attached hydrogens (primary N) is 1. The summed E-state index contributed by atoms with van der Waals surface area (Å²) in [6.07, 6.45) is 1.65. The van der Waals surface area contributed by atoms with Crippen molar-refractivity contribution in [3.8, 4) is 0 Å². The molecule has 0 spiro atoms. The lowest BCUT2D eigenvalue weighted by atomic mass is 9.93. The average Bonchev–Trinajstić information content (AvgIpc) is 2.23.